The van der Waals surface area contributed by atoms with Crippen LogP contribution in [-0.4, -0.2) is 33.5 Å². The van der Waals surface area contributed by atoms with Crippen LogP contribution in [0.4, 0.5) is 0 Å². The van der Waals surface area contributed by atoms with Crippen molar-refractivity contribution in [3.63, 3.8) is 0 Å². The molecule has 142 valence electrons. The fraction of sp³-hybridized carbons (Fsp3) is 0.409. The summed E-state index contributed by atoms with van der Waals surface area (Å²) in [5, 5.41) is 27.9. The first-order chi connectivity index (χ1) is 12.6. The second kappa shape index (κ2) is 17.5. The molecule has 0 amide bonds. The van der Waals surface area contributed by atoms with Crippen molar-refractivity contribution < 1.29 is 20.1 Å². The van der Waals surface area contributed by atoms with Gasteiger partial charge in [-0.05, 0) is 19.3 Å². The highest BCUT2D eigenvalue weighted by atomic mass is 16.4. The number of hydrogen-bond donors (Lipinski definition) is 3. The normalized spacial score (nSPS) is 14.6. The number of aliphatic carboxylic acids is 1. The summed E-state index contributed by atoms with van der Waals surface area (Å²) in [6, 6.07) is 0. The molecule has 0 aromatic heterocycles. The molecule has 0 fully saturated rings. The van der Waals surface area contributed by atoms with Gasteiger partial charge in [-0.3, -0.25) is 4.79 Å². The van der Waals surface area contributed by atoms with Crippen molar-refractivity contribution >= 4 is 5.97 Å². The Bertz CT molecular complexity index is 571. The second-order valence-corrected chi connectivity index (χ2v) is 5.56. The Morgan fingerprint density at radius 2 is 1.46 bits per heavy atom. The van der Waals surface area contributed by atoms with E-state index in [9.17, 15) is 15.0 Å². The molecule has 0 aliphatic carbocycles. The van der Waals surface area contributed by atoms with E-state index in [0.717, 1.165) is 6.42 Å². The first kappa shape index (κ1) is 23.6. The Balaban J connectivity index is 3.91. The molecule has 0 saturated carbocycles. The maximum atomic E-state index is 10.3. The third kappa shape index (κ3) is 18.0. The lowest BCUT2D eigenvalue weighted by atomic mass is 10.2. The number of carbonyl (C=O) groups is 1. The molecule has 0 aromatic carbocycles. The number of carboxylic acids is 1. The van der Waals surface area contributed by atoms with Gasteiger partial charge in [0.1, 0.15) is 0 Å². The van der Waals surface area contributed by atoms with Gasteiger partial charge in [-0.2, -0.15) is 0 Å². The van der Waals surface area contributed by atoms with Crippen molar-refractivity contribution in [3.05, 3.63) is 60.8 Å². The van der Waals surface area contributed by atoms with Crippen LogP contribution in [0.5, 0.6) is 0 Å². The Morgan fingerprint density at radius 1 is 0.885 bits per heavy atom. The Kier molecular flexibility index (Phi) is 15.9. The molecule has 0 aliphatic heterocycles. The molecule has 4 heteroatoms. The van der Waals surface area contributed by atoms with E-state index in [1.807, 2.05) is 24.3 Å². The largest absolute Gasteiger partial charge is 0.481 e. The van der Waals surface area contributed by atoms with Crippen LogP contribution in [-0.2, 0) is 4.79 Å². The highest BCUT2D eigenvalue weighted by molar-refractivity contribution is 5.67. The van der Waals surface area contributed by atoms with Crippen LogP contribution in [0, 0.1) is 11.8 Å². The molecule has 0 aromatic rings. The van der Waals surface area contributed by atoms with Crippen molar-refractivity contribution in [1.82, 2.24) is 0 Å². The lowest BCUT2D eigenvalue weighted by molar-refractivity contribution is -0.136. The van der Waals surface area contributed by atoms with Gasteiger partial charge >= 0.3 is 5.97 Å². The van der Waals surface area contributed by atoms with Crippen LogP contribution in [0.1, 0.15) is 45.4 Å². The van der Waals surface area contributed by atoms with Crippen LogP contribution < -0.4 is 0 Å². The van der Waals surface area contributed by atoms with E-state index < -0.39 is 18.2 Å². The monoisotopic (exact) mass is 358 g/mol. The SMILES string of the molecule is CC/C=C\C[C@H](O)/C=C/C=C\C=C\C(O)C/C=C\CC#CCCC(=O)O. The van der Waals surface area contributed by atoms with E-state index in [4.69, 9.17) is 5.11 Å². The molecule has 0 spiro atoms. The Hall–Kier alpha value is -2.35. The molecule has 0 saturated heterocycles. The predicted molar refractivity (Wildman–Crippen MR) is 107 cm³/mol. The van der Waals surface area contributed by atoms with Gasteiger partial charge in [-0.25, -0.2) is 0 Å². The van der Waals surface area contributed by atoms with Crippen LogP contribution >= 0.6 is 0 Å². The van der Waals surface area contributed by atoms with Gasteiger partial charge in [-0.15, -0.1) is 5.92 Å². The summed E-state index contributed by atoms with van der Waals surface area (Å²) < 4.78 is 0. The Labute approximate surface area is 156 Å². The molecule has 4 nitrogen and oxygen atoms in total. The molecule has 0 bridgehead atoms. The zero-order valence-corrected chi connectivity index (χ0v) is 15.4. The van der Waals surface area contributed by atoms with E-state index in [1.54, 1.807) is 36.5 Å². The van der Waals surface area contributed by atoms with Gasteiger partial charge in [0.05, 0.1) is 18.6 Å². The van der Waals surface area contributed by atoms with Crippen LogP contribution in [0.15, 0.2) is 60.8 Å². The summed E-state index contributed by atoms with van der Waals surface area (Å²) in [6.45, 7) is 2.05. The van der Waals surface area contributed by atoms with Crippen LogP contribution in [0.25, 0.3) is 0 Å². The first-order valence-electron chi connectivity index (χ1n) is 8.91. The fourth-order valence-corrected chi connectivity index (χ4v) is 1.78. The van der Waals surface area contributed by atoms with Crippen LogP contribution in [0.2, 0.25) is 0 Å². The van der Waals surface area contributed by atoms with E-state index >= 15 is 0 Å². The third-order valence-electron chi connectivity index (χ3n) is 3.13. The van der Waals surface area contributed by atoms with Gasteiger partial charge in [-0.1, -0.05) is 73.6 Å². The zero-order valence-electron chi connectivity index (χ0n) is 15.4. The fourth-order valence-electron chi connectivity index (χ4n) is 1.78. The summed E-state index contributed by atoms with van der Waals surface area (Å²) in [6.07, 6.45) is 20.3. The molecule has 26 heavy (non-hydrogen) atoms. The molecule has 3 N–H and O–H groups in total. The van der Waals surface area contributed by atoms with Crippen molar-refractivity contribution in [2.24, 2.45) is 0 Å². The van der Waals surface area contributed by atoms with E-state index in [2.05, 4.69) is 18.8 Å². The third-order valence-corrected chi connectivity index (χ3v) is 3.13. The molecule has 0 radical (unpaired) electrons. The lowest BCUT2D eigenvalue weighted by Gasteiger charge is -1.99. The summed E-state index contributed by atoms with van der Waals surface area (Å²) in [4.78, 5) is 10.3. The van der Waals surface area contributed by atoms with Gasteiger partial charge < -0.3 is 15.3 Å². The van der Waals surface area contributed by atoms with Gasteiger partial charge in [0.2, 0.25) is 0 Å². The summed E-state index contributed by atoms with van der Waals surface area (Å²) in [5.74, 6) is 4.81. The van der Waals surface area contributed by atoms with E-state index in [1.165, 1.54) is 0 Å². The van der Waals surface area contributed by atoms with E-state index in [0.29, 0.717) is 25.7 Å². The molecule has 0 rings (SSSR count). The number of carboxylic acid groups (broad SMARTS) is 1. The number of aliphatic hydroxyl groups excluding tert-OH is 2. The lowest BCUT2D eigenvalue weighted by Crippen LogP contribution is -1.98. The molecule has 1 unspecified atom stereocenters. The van der Waals surface area contributed by atoms with Crippen molar-refractivity contribution in [3.8, 4) is 11.8 Å². The van der Waals surface area contributed by atoms with E-state index in [-0.39, 0.29) is 6.42 Å². The molecule has 0 heterocycles. The maximum Gasteiger partial charge on any atom is 0.304 e. The Morgan fingerprint density at radius 3 is 2.00 bits per heavy atom. The smallest absolute Gasteiger partial charge is 0.304 e. The zero-order chi connectivity index (χ0) is 19.5. The maximum absolute atomic E-state index is 10.3. The van der Waals surface area contributed by atoms with Gasteiger partial charge in [0.15, 0.2) is 0 Å². The molecular weight excluding hydrogens is 328 g/mol. The average Bonchev–Trinajstić information content (AvgIpc) is 2.60. The number of rotatable bonds is 12. The average molecular weight is 358 g/mol. The second-order valence-electron chi connectivity index (χ2n) is 5.56. The minimum absolute atomic E-state index is 0.0673. The van der Waals surface area contributed by atoms with Crippen molar-refractivity contribution in [2.45, 2.75) is 57.7 Å². The van der Waals surface area contributed by atoms with Crippen molar-refractivity contribution in [1.29, 1.82) is 0 Å². The molecule has 2 atom stereocenters. The molecule has 0 aliphatic rings. The van der Waals surface area contributed by atoms with Crippen LogP contribution in [0.3, 0.4) is 0 Å². The first-order valence-corrected chi connectivity index (χ1v) is 8.91. The topological polar surface area (TPSA) is 77.8 Å². The highest BCUT2D eigenvalue weighted by Crippen LogP contribution is 1.99. The minimum atomic E-state index is -0.838. The highest BCUT2D eigenvalue weighted by Gasteiger charge is 1.94. The summed E-state index contributed by atoms with van der Waals surface area (Å²) in [5.41, 5.74) is 0. The standard InChI is InChI=1S/C22H30O4/c1-2-3-10-15-20(23)17-12-8-9-13-18-21(24)16-11-6-4-5-7-14-19-22(25)26/h3,6,8-13,17-18,20-21,23-24H,2,4,14-16,19H2,1H3,(H,25,26)/b9-8-,10-3-,11-6-,17-12+,18-13+/t20-,21?/m0/s1. The van der Waals surface area contributed by atoms with Gasteiger partial charge in [0.25, 0.3) is 0 Å². The number of aliphatic hydroxyl groups is 2. The predicted octanol–water partition coefficient (Wildman–Crippen LogP) is 3.94. The summed E-state index contributed by atoms with van der Waals surface area (Å²) in [7, 11) is 0. The van der Waals surface area contributed by atoms with Gasteiger partial charge in [0, 0.05) is 12.8 Å². The summed E-state index contributed by atoms with van der Waals surface area (Å²) >= 11 is 0. The minimum Gasteiger partial charge on any atom is -0.481 e. The van der Waals surface area contributed by atoms with Crippen molar-refractivity contribution in [2.75, 3.05) is 0 Å². The number of hydrogen-bond acceptors (Lipinski definition) is 3. The number of allylic oxidation sites excluding steroid dienone is 6. The quantitative estimate of drug-likeness (QED) is 0.280. The molecular formula is C22H30O4.